The van der Waals surface area contributed by atoms with Crippen LogP contribution in [-0.2, 0) is 0 Å². The Kier molecular flexibility index (Phi) is 3.76. The Balaban J connectivity index is 1.89. The predicted molar refractivity (Wildman–Crippen MR) is 93.1 cm³/mol. The normalized spacial score (nSPS) is 18.6. The van der Waals surface area contributed by atoms with Gasteiger partial charge < -0.3 is 19.9 Å². The van der Waals surface area contributed by atoms with Crippen molar-refractivity contribution in [3.05, 3.63) is 40.2 Å². The molecule has 0 spiro atoms. The number of piperazine rings is 1. The maximum Gasteiger partial charge on any atom is 0.341 e. The van der Waals surface area contributed by atoms with Crippen molar-refractivity contribution in [3.63, 3.8) is 0 Å². The van der Waals surface area contributed by atoms with Gasteiger partial charge in [-0.3, -0.25) is 4.79 Å². The third-order valence-corrected chi connectivity index (χ3v) is 5.20. The minimum Gasteiger partial charge on any atom is -0.477 e. The molecule has 0 atom stereocenters. The average Bonchev–Trinajstić information content (AvgIpc) is 2.56. The van der Waals surface area contributed by atoms with Gasteiger partial charge in [-0.1, -0.05) is 0 Å². The number of aromatic carboxylic acids is 1. The van der Waals surface area contributed by atoms with E-state index in [-0.39, 0.29) is 11.0 Å². The molecule has 1 saturated heterocycles. The summed E-state index contributed by atoms with van der Waals surface area (Å²) in [6.07, 6.45) is 4.76. The van der Waals surface area contributed by atoms with Gasteiger partial charge in [0.1, 0.15) is 5.56 Å². The van der Waals surface area contributed by atoms with E-state index in [1.165, 1.54) is 0 Å². The van der Waals surface area contributed by atoms with Crippen LogP contribution in [-0.4, -0.2) is 41.8 Å². The van der Waals surface area contributed by atoms with Crippen molar-refractivity contribution < 1.29 is 9.90 Å². The second-order valence-corrected chi connectivity index (χ2v) is 6.61. The highest BCUT2D eigenvalue weighted by molar-refractivity contribution is 5.93. The molecule has 1 aliphatic heterocycles. The number of carbonyl (C=O) groups is 1. The van der Waals surface area contributed by atoms with Crippen LogP contribution in [0.1, 0.15) is 35.7 Å². The van der Waals surface area contributed by atoms with E-state index in [2.05, 4.69) is 10.2 Å². The summed E-state index contributed by atoms with van der Waals surface area (Å²) in [6, 6.07) is 6.07. The summed E-state index contributed by atoms with van der Waals surface area (Å²) in [5, 5.41) is 13.2. The zero-order valence-corrected chi connectivity index (χ0v) is 13.5. The fraction of sp³-hybridized carbons (Fsp3) is 0.444. The minimum absolute atomic E-state index is 0.135. The highest BCUT2D eigenvalue weighted by Crippen LogP contribution is 2.34. The van der Waals surface area contributed by atoms with Gasteiger partial charge in [-0.05, 0) is 37.5 Å². The summed E-state index contributed by atoms with van der Waals surface area (Å²) in [5.74, 6) is -1.15. The van der Waals surface area contributed by atoms with Gasteiger partial charge in [0.15, 0.2) is 0 Å². The molecular weight excluding hydrogens is 306 g/mol. The third-order valence-electron chi connectivity index (χ3n) is 5.20. The van der Waals surface area contributed by atoms with Gasteiger partial charge in [-0.15, -0.1) is 0 Å². The summed E-state index contributed by atoms with van der Waals surface area (Å²) >= 11 is 0. The number of carboxylic acid groups (broad SMARTS) is 1. The van der Waals surface area contributed by atoms with Crippen LogP contribution in [0.25, 0.3) is 10.9 Å². The van der Waals surface area contributed by atoms with E-state index in [1.807, 2.05) is 16.7 Å². The molecule has 2 N–H and O–H groups in total. The molecule has 2 heterocycles. The number of hydrogen-bond donors (Lipinski definition) is 2. The van der Waals surface area contributed by atoms with Crippen LogP contribution < -0.4 is 15.6 Å². The molecule has 0 amide bonds. The van der Waals surface area contributed by atoms with Crippen molar-refractivity contribution in [2.24, 2.45) is 0 Å². The Morgan fingerprint density at radius 2 is 1.96 bits per heavy atom. The molecule has 6 heteroatoms. The van der Waals surface area contributed by atoms with E-state index in [1.54, 1.807) is 12.3 Å². The second kappa shape index (κ2) is 5.94. The molecule has 24 heavy (non-hydrogen) atoms. The largest absolute Gasteiger partial charge is 0.477 e. The number of benzene rings is 1. The van der Waals surface area contributed by atoms with Gasteiger partial charge in [-0.25, -0.2) is 4.79 Å². The lowest BCUT2D eigenvalue weighted by molar-refractivity contribution is 0.0694. The Hall–Kier alpha value is -2.34. The highest BCUT2D eigenvalue weighted by Gasteiger charge is 2.24. The summed E-state index contributed by atoms with van der Waals surface area (Å²) in [4.78, 5) is 26.3. The molecule has 1 saturated carbocycles. The standard InChI is InChI=1S/C18H21N3O3/c22-17-14-5-4-13(20-8-6-19-7-9-20)10-16(14)21(12-2-1-3-12)11-15(17)18(23)24/h4-5,10-12,19H,1-3,6-9H2,(H,23,24). The Bertz CT molecular complexity index is 848. The van der Waals surface area contributed by atoms with Crippen molar-refractivity contribution in [3.8, 4) is 0 Å². The van der Waals surface area contributed by atoms with Crippen molar-refractivity contribution in [2.75, 3.05) is 31.1 Å². The average molecular weight is 327 g/mol. The molecule has 2 aromatic rings. The maximum atomic E-state index is 12.5. The van der Waals surface area contributed by atoms with E-state index in [4.69, 9.17) is 0 Å². The smallest absolute Gasteiger partial charge is 0.341 e. The first-order valence-electron chi connectivity index (χ1n) is 8.53. The Morgan fingerprint density at radius 1 is 1.21 bits per heavy atom. The fourth-order valence-electron chi connectivity index (χ4n) is 3.58. The first-order chi connectivity index (χ1) is 11.6. The third kappa shape index (κ3) is 2.47. The number of fused-ring (bicyclic) bond motifs is 1. The first-order valence-corrected chi connectivity index (χ1v) is 8.53. The van der Waals surface area contributed by atoms with Gasteiger partial charge in [0.2, 0.25) is 5.43 Å². The maximum absolute atomic E-state index is 12.5. The lowest BCUT2D eigenvalue weighted by Gasteiger charge is -2.32. The summed E-state index contributed by atoms with van der Waals surface area (Å²) in [7, 11) is 0. The molecule has 2 fully saturated rings. The van der Waals surface area contributed by atoms with Gasteiger partial charge in [0.25, 0.3) is 0 Å². The molecule has 2 aliphatic rings. The molecule has 0 unspecified atom stereocenters. The molecule has 4 rings (SSSR count). The quantitative estimate of drug-likeness (QED) is 0.900. The number of nitrogens with zero attached hydrogens (tertiary/aromatic N) is 2. The summed E-state index contributed by atoms with van der Waals surface area (Å²) in [5.41, 5.74) is 1.43. The number of pyridine rings is 1. The van der Waals surface area contributed by atoms with E-state index in [0.717, 1.165) is 56.6 Å². The molecule has 0 radical (unpaired) electrons. The zero-order valence-electron chi connectivity index (χ0n) is 13.5. The molecule has 1 aromatic heterocycles. The number of nitrogens with one attached hydrogen (secondary N) is 1. The lowest BCUT2D eigenvalue weighted by atomic mass is 9.92. The minimum atomic E-state index is -1.15. The molecular formula is C18H21N3O3. The summed E-state index contributed by atoms with van der Waals surface area (Å²) < 4.78 is 2.01. The van der Waals surface area contributed by atoms with Crippen molar-refractivity contribution in [1.82, 2.24) is 9.88 Å². The van der Waals surface area contributed by atoms with Crippen LogP contribution in [0.4, 0.5) is 5.69 Å². The molecule has 1 aliphatic carbocycles. The van der Waals surface area contributed by atoms with Gasteiger partial charge >= 0.3 is 5.97 Å². The number of rotatable bonds is 3. The van der Waals surface area contributed by atoms with Gasteiger partial charge in [0.05, 0.1) is 5.52 Å². The number of carboxylic acids is 1. The van der Waals surface area contributed by atoms with Crippen LogP contribution in [0.5, 0.6) is 0 Å². The van der Waals surface area contributed by atoms with Crippen molar-refractivity contribution >= 4 is 22.6 Å². The highest BCUT2D eigenvalue weighted by atomic mass is 16.4. The van der Waals surface area contributed by atoms with E-state index in [0.29, 0.717) is 11.4 Å². The number of aromatic nitrogens is 1. The molecule has 6 nitrogen and oxygen atoms in total. The molecule has 1 aromatic carbocycles. The fourth-order valence-corrected chi connectivity index (χ4v) is 3.58. The van der Waals surface area contributed by atoms with Crippen molar-refractivity contribution in [1.29, 1.82) is 0 Å². The second-order valence-electron chi connectivity index (χ2n) is 6.61. The first kappa shape index (κ1) is 15.2. The van der Waals surface area contributed by atoms with Crippen LogP contribution in [0.15, 0.2) is 29.2 Å². The number of anilines is 1. The van der Waals surface area contributed by atoms with E-state index in [9.17, 15) is 14.7 Å². The lowest BCUT2D eigenvalue weighted by Crippen LogP contribution is -2.43. The van der Waals surface area contributed by atoms with Crippen LogP contribution in [0.3, 0.4) is 0 Å². The summed E-state index contributed by atoms with van der Waals surface area (Å²) in [6.45, 7) is 3.77. The van der Waals surface area contributed by atoms with Crippen molar-refractivity contribution in [2.45, 2.75) is 25.3 Å². The SMILES string of the molecule is O=C(O)c1cn(C2CCC2)c2cc(N3CCNCC3)ccc2c1=O. The Morgan fingerprint density at radius 3 is 2.58 bits per heavy atom. The molecule has 0 bridgehead atoms. The van der Waals surface area contributed by atoms with Gasteiger partial charge in [-0.2, -0.15) is 0 Å². The van der Waals surface area contributed by atoms with Gasteiger partial charge in [0, 0.05) is 49.5 Å². The van der Waals surface area contributed by atoms with Crippen LogP contribution in [0, 0.1) is 0 Å². The van der Waals surface area contributed by atoms with E-state index >= 15 is 0 Å². The molecule has 126 valence electrons. The number of hydrogen-bond acceptors (Lipinski definition) is 4. The monoisotopic (exact) mass is 327 g/mol. The Labute approximate surface area is 139 Å². The van der Waals surface area contributed by atoms with Crippen LogP contribution in [0.2, 0.25) is 0 Å². The topological polar surface area (TPSA) is 74.6 Å². The van der Waals surface area contributed by atoms with E-state index < -0.39 is 5.97 Å². The van der Waals surface area contributed by atoms with Crippen LogP contribution >= 0.6 is 0 Å². The predicted octanol–water partition coefficient (Wildman–Crippen LogP) is 1.83. The zero-order chi connectivity index (χ0) is 16.7.